The summed E-state index contributed by atoms with van der Waals surface area (Å²) in [5.41, 5.74) is 0. The van der Waals surface area contributed by atoms with E-state index >= 15 is 0 Å². The standard InChI is InChI=1S/C5H5N.Ag.2Cr.7O/c1-2-4-6-5-3-1;;;;;;;;;;/h1-5H;;;;;;;;;;/q;;;;;;;;;2*-1. The second-order valence-corrected chi connectivity index (χ2v) is 5.55. The van der Waals surface area contributed by atoms with Crippen LogP contribution in [0.5, 0.6) is 0 Å². The molecule has 0 aromatic carbocycles. The van der Waals surface area contributed by atoms with Gasteiger partial charge in [-0.25, -0.2) is 0 Å². The molecule has 0 saturated heterocycles. The predicted octanol–water partition coefficient (Wildman–Crippen LogP) is -1.85. The van der Waals surface area contributed by atoms with Crippen molar-refractivity contribution in [3.8, 4) is 0 Å². The first-order chi connectivity index (χ1) is 6.71. The molecule has 16 heavy (non-hydrogen) atoms. The molecule has 1 radical (unpaired) electrons. The van der Waals surface area contributed by atoms with Crippen LogP contribution in [0.25, 0.3) is 0 Å². The topological polar surface area (TPSA) is 137 Å². The van der Waals surface area contributed by atoms with Crippen LogP contribution in [0.3, 0.4) is 0 Å². The van der Waals surface area contributed by atoms with Gasteiger partial charge in [0.2, 0.25) is 0 Å². The zero-order valence-corrected chi connectivity index (χ0v) is 11.3. The van der Waals surface area contributed by atoms with E-state index < -0.39 is 27.2 Å². The molecule has 0 bridgehead atoms. The Morgan fingerprint density at radius 3 is 1.31 bits per heavy atom. The predicted molar refractivity (Wildman–Crippen MR) is 28.1 cm³/mol. The summed E-state index contributed by atoms with van der Waals surface area (Å²) in [7, 11) is 0. The molecule has 0 aliphatic rings. The maximum atomic E-state index is 9.38. The molecule has 0 amide bonds. The van der Waals surface area contributed by atoms with E-state index in [1.807, 2.05) is 18.2 Å². The Labute approximate surface area is 111 Å². The summed E-state index contributed by atoms with van der Waals surface area (Å²) >= 11 is -12.1. The van der Waals surface area contributed by atoms with Crippen molar-refractivity contribution in [1.82, 2.24) is 4.98 Å². The minimum absolute atomic E-state index is 0. The van der Waals surface area contributed by atoms with Crippen molar-refractivity contribution in [1.29, 1.82) is 0 Å². The fourth-order valence-electron chi connectivity index (χ4n) is 0.415. The maximum Gasteiger partial charge on any atom is 0.0267 e. The van der Waals surface area contributed by atoms with Gasteiger partial charge in [0.25, 0.3) is 0 Å². The number of rotatable bonds is 2. The fourth-order valence-corrected chi connectivity index (χ4v) is 2.05. The Hall–Kier alpha value is 0.0352. The summed E-state index contributed by atoms with van der Waals surface area (Å²) in [6.45, 7) is 0. The number of hydrogen-bond donors (Lipinski definition) is 0. The Balaban J connectivity index is 0. The summed E-state index contributed by atoms with van der Waals surface area (Å²) in [6, 6.07) is 5.72. The van der Waals surface area contributed by atoms with Crippen molar-refractivity contribution in [3.63, 3.8) is 0 Å². The molecular formula is C5H5AgCr2NO7-2. The number of aromatic nitrogens is 1. The zero-order chi connectivity index (χ0) is 11.9. The minimum Gasteiger partial charge on any atom is -0.265 e. The molecule has 0 atom stereocenters. The van der Waals surface area contributed by atoms with Gasteiger partial charge in [0, 0.05) is 34.8 Å². The van der Waals surface area contributed by atoms with E-state index in [1.165, 1.54) is 0 Å². The summed E-state index contributed by atoms with van der Waals surface area (Å²) in [6.07, 6.45) is 3.50. The van der Waals surface area contributed by atoms with Gasteiger partial charge in [-0.2, -0.15) is 0 Å². The molecule has 0 unspecified atom stereocenters. The van der Waals surface area contributed by atoms with Gasteiger partial charge in [0.1, 0.15) is 0 Å². The van der Waals surface area contributed by atoms with Crippen molar-refractivity contribution in [2.45, 2.75) is 0 Å². The van der Waals surface area contributed by atoms with Gasteiger partial charge in [-0.3, -0.25) is 4.98 Å². The molecule has 11 heteroatoms. The number of pyridine rings is 1. The molecule has 1 aromatic heterocycles. The van der Waals surface area contributed by atoms with Crippen LogP contribution >= 0.6 is 0 Å². The van der Waals surface area contributed by atoms with Gasteiger partial charge in [-0.15, -0.1) is 0 Å². The average molecular weight is 403 g/mol. The average Bonchev–Trinajstić information content (AvgIpc) is 2.01. The third-order valence-corrected chi connectivity index (χ3v) is 3.40. The van der Waals surface area contributed by atoms with E-state index in [4.69, 9.17) is 0 Å². The molecule has 8 nitrogen and oxygen atoms in total. The minimum atomic E-state index is -6.07. The largest absolute Gasteiger partial charge is 0.265 e. The molecule has 0 aliphatic heterocycles. The smallest absolute Gasteiger partial charge is 0.0267 e. The zero-order valence-electron chi connectivity index (χ0n) is 7.31. The van der Waals surface area contributed by atoms with Crippen molar-refractivity contribution in [3.05, 3.63) is 30.6 Å². The van der Waals surface area contributed by atoms with Crippen LogP contribution in [-0.2, 0) is 67.7 Å². The van der Waals surface area contributed by atoms with Crippen LogP contribution < -0.4 is 8.32 Å². The molecular weight excluding hydrogens is 398 g/mol. The van der Waals surface area contributed by atoms with Crippen LogP contribution in [0, 0.1) is 0 Å². The van der Waals surface area contributed by atoms with E-state index in [2.05, 4.69) is 7.82 Å². The van der Waals surface area contributed by atoms with Gasteiger partial charge in [-0.05, 0) is 12.1 Å². The van der Waals surface area contributed by atoms with E-state index in [0.717, 1.165) is 0 Å². The summed E-state index contributed by atoms with van der Waals surface area (Å²) in [5.74, 6) is 0. The first kappa shape index (κ1) is 18.4. The Kier molecular flexibility index (Phi) is 9.40. The third-order valence-electron chi connectivity index (χ3n) is 0.733. The van der Waals surface area contributed by atoms with Crippen molar-refractivity contribution >= 4 is 0 Å². The van der Waals surface area contributed by atoms with Crippen LogP contribution in [0.4, 0.5) is 0 Å². The second-order valence-electron chi connectivity index (χ2n) is 1.91. The van der Waals surface area contributed by atoms with Crippen LogP contribution in [0.15, 0.2) is 30.6 Å². The Morgan fingerprint density at radius 2 is 1.25 bits per heavy atom. The summed E-state index contributed by atoms with van der Waals surface area (Å²) in [4.78, 5) is 3.78. The van der Waals surface area contributed by atoms with Crippen molar-refractivity contribution < 1.29 is 76.0 Å². The molecule has 1 heterocycles. The number of hydrogen-bond acceptors (Lipinski definition) is 8. The molecule has 0 spiro atoms. The third kappa shape index (κ3) is 16.5. The van der Waals surface area contributed by atoms with Gasteiger partial charge in [-0.1, -0.05) is 6.07 Å². The van der Waals surface area contributed by atoms with Crippen molar-refractivity contribution in [2.24, 2.45) is 0 Å². The summed E-state index contributed by atoms with van der Waals surface area (Å²) < 4.78 is 58.9. The van der Waals surface area contributed by atoms with Gasteiger partial charge in [0.15, 0.2) is 0 Å². The van der Waals surface area contributed by atoms with E-state index in [9.17, 15) is 23.5 Å². The molecule has 0 saturated carbocycles. The van der Waals surface area contributed by atoms with Gasteiger partial charge in [0.05, 0.1) is 0 Å². The van der Waals surface area contributed by atoms with Crippen LogP contribution in [0.2, 0.25) is 0 Å². The first-order valence-corrected chi connectivity index (χ1v) is 7.35. The Morgan fingerprint density at radius 1 is 0.875 bits per heavy atom. The Bertz CT molecular complexity index is 414. The van der Waals surface area contributed by atoms with Crippen LogP contribution in [0.1, 0.15) is 0 Å². The first-order valence-electron chi connectivity index (χ1n) is 3.18. The number of nitrogens with zero attached hydrogens (tertiary/aromatic N) is 1. The SMILES string of the molecule is [Ag].[O]=[Cr](=[O])([O-])[O][Cr](=[O])(=[O])[O-].c1ccncc1. The fraction of sp³-hybridized carbons (Fsp3) is 0. The quantitative estimate of drug-likeness (QED) is 0.526. The van der Waals surface area contributed by atoms with Gasteiger partial charge >= 0.3 is 53.6 Å². The molecule has 0 aliphatic carbocycles. The summed E-state index contributed by atoms with van der Waals surface area (Å²) in [5, 5.41) is 0. The van der Waals surface area contributed by atoms with E-state index in [1.54, 1.807) is 12.4 Å². The van der Waals surface area contributed by atoms with E-state index in [0.29, 0.717) is 0 Å². The van der Waals surface area contributed by atoms with Crippen molar-refractivity contribution in [2.75, 3.05) is 0 Å². The molecule has 0 N–H and O–H groups in total. The molecule has 1 rings (SSSR count). The molecule has 0 fully saturated rings. The van der Waals surface area contributed by atoms with Gasteiger partial charge < -0.3 is 0 Å². The molecule has 1 aromatic rings. The monoisotopic (exact) mass is 402 g/mol. The van der Waals surface area contributed by atoms with Crippen LogP contribution in [-0.4, -0.2) is 4.98 Å². The second kappa shape index (κ2) is 8.17. The van der Waals surface area contributed by atoms with E-state index in [-0.39, 0.29) is 22.4 Å². The molecule has 97 valence electrons. The maximum absolute atomic E-state index is 9.38. The normalized spacial score (nSPS) is 10.6.